The highest BCUT2D eigenvalue weighted by molar-refractivity contribution is 5.38. The maximum atomic E-state index is 12.9. The summed E-state index contributed by atoms with van der Waals surface area (Å²) in [5, 5.41) is 0. The second-order valence-corrected chi connectivity index (χ2v) is 4.88. The molecule has 0 heterocycles. The van der Waals surface area contributed by atoms with E-state index in [1.807, 2.05) is 0 Å². The Morgan fingerprint density at radius 1 is 1.06 bits per heavy atom. The number of benzene rings is 1. The fraction of sp³-hybridized carbons (Fsp3) is 0.462. The van der Waals surface area contributed by atoms with Crippen molar-refractivity contribution in [2.45, 2.75) is 38.8 Å². The molecule has 0 saturated heterocycles. The minimum absolute atomic E-state index is 0.331. The van der Waals surface area contributed by atoms with E-state index in [0.29, 0.717) is 17.5 Å². The van der Waals surface area contributed by atoms with Crippen molar-refractivity contribution >= 4 is 0 Å². The van der Waals surface area contributed by atoms with Crippen LogP contribution in [0.25, 0.3) is 0 Å². The summed E-state index contributed by atoms with van der Waals surface area (Å²) in [6.07, 6.45) is -3.93. The molecule has 16 heavy (non-hydrogen) atoms. The van der Waals surface area contributed by atoms with Crippen LogP contribution in [-0.2, 0) is 18.0 Å². The van der Waals surface area contributed by atoms with Gasteiger partial charge in [0.2, 0.25) is 0 Å². The molecule has 0 nitrogen and oxygen atoms in total. The molecule has 0 unspecified atom stereocenters. The van der Waals surface area contributed by atoms with E-state index in [2.05, 4.69) is 6.92 Å². The standard InChI is InChI=1S/C13H16F3/c1-5-9-6-7-10(12(2,3)4)11(8-9)13(14,15)16/h6-8H,1,5H2,2-4H3. The van der Waals surface area contributed by atoms with Crippen LogP contribution in [0.3, 0.4) is 0 Å². The summed E-state index contributed by atoms with van der Waals surface area (Å²) in [6.45, 7) is 8.94. The van der Waals surface area contributed by atoms with Crippen LogP contribution in [0.5, 0.6) is 0 Å². The molecule has 0 aromatic heterocycles. The Morgan fingerprint density at radius 2 is 1.62 bits per heavy atom. The smallest absolute Gasteiger partial charge is 0.166 e. The number of halogens is 3. The molecule has 1 aromatic rings. The van der Waals surface area contributed by atoms with Crippen molar-refractivity contribution in [1.29, 1.82) is 0 Å². The Balaban J connectivity index is 3.40. The zero-order valence-corrected chi connectivity index (χ0v) is 9.78. The van der Waals surface area contributed by atoms with Gasteiger partial charge in [-0.05, 0) is 36.0 Å². The predicted molar refractivity (Wildman–Crippen MR) is 59.2 cm³/mol. The van der Waals surface area contributed by atoms with E-state index in [-0.39, 0.29) is 0 Å². The average molecular weight is 229 g/mol. The lowest BCUT2D eigenvalue weighted by atomic mass is 9.82. The zero-order valence-electron chi connectivity index (χ0n) is 9.78. The van der Waals surface area contributed by atoms with Gasteiger partial charge in [0.15, 0.2) is 0 Å². The van der Waals surface area contributed by atoms with Crippen molar-refractivity contribution in [2.75, 3.05) is 0 Å². The lowest BCUT2D eigenvalue weighted by molar-refractivity contribution is -0.138. The molecule has 0 saturated carbocycles. The molecule has 0 N–H and O–H groups in total. The third kappa shape index (κ3) is 2.77. The van der Waals surface area contributed by atoms with Crippen molar-refractivity contribution in [2.24, 2.45) is 0 Å². The second-order valence-electron chi connectivity index (χ2n) is 4.88. The molecular formula is C13H16F3. The van der Waals surface area contributed by atoms with Crippen molar-refractivity contribution in [3.8, 4) is 0 Å². The highest BCUT2D eigenvalue weighted by Gasteiger charge is 2.36. The van der Waals surface area contributed by atoms with E-state index in [0.717, 1.165) is 0 Å². The first-order chi connectivity index (χ1) is 7.16. The molecule has 0 atom stereocenters. The van der Waals surface area contributed by atoms with Crippen LogP contribution in [0.1, 0.15) is 37.5 Å². The fourth-order valence-electron chi connectivity index (χ4n) is 1.64. The summed E-state index contributed by atoms with van der Waals surface area (Å²) in [7, 11) is 0. The first-order valence-corrected chi connectivity index (χ1v) is 5.16. The molecule has 0 bridgehead atoms. The molecule has 0 amide bonds. The zero-order chi connectivity index (χ0) is 12.6. The fourth-order valence-corrected chi connectivity index (χ4v) is 1.64. The molecular weight excluding hydrogens is 213 g/mol. The van der Waals surface area contributed by atoms with E-state index in [4.69, 9.17) is 0 Å². The number of rotatable bonds is 1. The van der Waals surface area contributed by atoms with Gasteiger partial charge >= 0.3 is 6.18 Å². The van der Waals surface area contributed by atoms with Crippen molar-refractivity contribution < 1.29 is 13.2 Å². The summed E-state index contributed by atoms with van der Waals surface area (Å²) in [4.78, 5) is 0. The molecule has 0 spiro atoms. The van der Waals surface area contributed by atoms with Crippen LogP contribution in [0, 0.1) is 6.92 Å². The minimum Gasteiger partial charge on any atom is -0.166 e. The summed E-state index contributed by atoms with van der Waals surface area (Å²) < 4.78 is 38.6. The van der Waals surface area contributed by atoms with E-state index >= 15 is 0 Å². The molecule has 1 aromatic carbocycles. The average Bonchev–Trinajstić information content (AvgIpc) is 2.14. The molecule has 3 heteroatoms. The molecule has 1 radical (unpaired) electrons. The van der Waals surface area contributed by atoms with Gasteiger partial charge in [0.25, 0.3) is 0 Å². The van der Waals surface area contributed by atoms with Gasteiger partial charge in [-0.25, -0.2) is 0 Å². The van der Waals surface area contributed by atoms with E-state index in [1.54, 1.807) is 32.9 Å². The van der Waals surface area contributed by atoms with Crippen molar-refractivity contribution in [3.05, 3.63) is 41.8 Å². The maximum absolute atomic E-state index is 12.9. The first-order valence-electron chi connectivity index (χ1n) is 5.16. The van der Waals surface area contributed by atoms with E-state index < -0.39 is 17.2 Å². The lowest BCUT2D eigenvalue weighted by Gasteiger charge is -2.24. The third-order valence-corrected chi connectivity index (χ3v) is 2.49. The highest BCUT2D eigenvalue weighted by atomic mass is 19.4. The van der Waals surface area contributed by atoms with Crippen LogP contribution in [0.4, 0.5) is 13.2 Å². The molecule has 0 aliphatic rings. The third-order valence-electron chi connectivity index (χ3n) is 2.49. The van der Waals surface area contributed by atoms with Gasteiger partial charge in [-0.1, -0.05) is 32.9 Å². The number of alkyl halides is 3. The lowest BCUT2D eigenvalue weighted by Crippen LogP contribution is -2.19. The Morgan fingerprint density at radius 3 is 2.00 bits per heavy atom. The summed E-state index contributed by atoms with van der Waals surface area (Å²) in [5.74, 6) is 0. The van der Waals surface area contributed by atoms with Crippen LogP contribution in [0.15, 0.2) is 18.2 Å². The van der Waals surface area contributed by atoms with Gasteiger partial charge in [-0.3, -0.25) is 0 Å². The van der Waals surface area contributed by atoms with Gasteiger partial charge in [0, 0.05) is 0 Å². The molecule has 0 aliphatic heterocycles. The van der Waals surface area contributed by atoms with Gasteiger partial charge in [-0.15, -0.1) is 0 Å². The second kappa shape index (κ2) is 4.11. The van der Waals surface area contributed by atoms with Gasteiger partial charge < -0.3 is 0 Å². The maximum Gasteiger partial charge on any atom is 0.416 e. The Labute approximate surface area is 94.5 Å². The Hall–Kier alpha value is -0.990. The summed E-state index contributed by atoms with van der Waals surface area (Å²) >= 11 is 0. The topological polar surface area (TPSA) is 0 Å². The SMILES string of the molecule is [CH2]Cc1ccc(C(C)(C)C)c(C(F)(F)F)c1. The number of hydrogen-bond acceptors (Lipinski definition) is 0. The van der Waals surface area contributed by atoms with Crippen molar-refractivity contribution in [1.82, 2.24) is 0 Å². The number of hydrogen-bond donors (Lipinski definition) is 0. The van der Waals surface area contributed by atoms with E-state index in [9.17, 15) is 13.2 Å². The highest BCUT2D eigenvalue weighted by Crippen LogP contribution is 2.37. The van der Waals surface area contributed by atoms with Crippen molar-refractivity contribution in [3.63, 3.8) is 0 Å². The predicted octanol–water partition coefficient (Wildman–Crippen LogP) is 4.38. The first kappa shape index (κ1) is 13.1. The largest absolute Gasteiger partial charge is 0.416 e. The molecule has 0 aliphatic carbocycles. The van der Waals surface area contributed by atoms with Crippen LogP contribution < -0.4 is 0 Å². The summed E-state index contributed by atoms with van der Waals surface area (Å²) in [5.41, 5.74) is -0.108. The van der Waals surface area contributed by atoms with E-state index in [1.165, 1.54) is 6.07 Å². The molecule has 1 rings (SSSR count). The molecule has 89 valence electrons. The van der Waals surface area contributed by atoms with Crippen LogP contribution in [-0.4, -0.2) is 0 Å². The summed E-state index contributed by atoms with van der Waals surface area (Å²) in [6, 6.07) is 4.47. The Bertz CT molecular complexity index is 370. The van der Waals surface area contributed by atoms with Gasteiger partial charge in [-0.2, -0.15) is 13.2 Å². The van der Waals surface area contributed by atoms with Crippen LogP contribution in [0.2, 0.25) is 0 Å². The van der Waals surface area contributed by atoms with Crippen LogP contribution >= 0.6 is 0 Å². The quantitative estimate of drug-likeness (QED) is 0.670. The monoisotopic (exact) mass is 229 g/mol. The van der Waals surface area contributed by atoms with Gasteiger partial charge in [0.05, 0.1) is 5.56 Å². The Kier molecular flexibility index (Phi) is 3.36. The molecule has 0 fully saturated rings. The van der Waals surface area contributed by atoms with Gasteiger partial charge in [0.1, 0.15) is 0 Å². The minimum atomic E-state index is -4.30. The normalized spacial score (nSPS) is 12.9.